The number of carbonyl (C=O) groups excluding carboxylic acids is 1. The van der Waals surface area contributed by atoms with Crippen molar-refractivity contribution in [3.05, 3.63) is 52.5 Å². The van der Waals surface area contributed by atoms with Crippen molar-refractivity contribution in [2.24, 2.45) is 5.92 Å². The summed E-state index contributed by atoms with van der Waals surface area (Å²) < 4.78 is 3.60. The number of fused-ring (bicyclic) bond motifs is 1. The Labute approximate surface area is 185 Å². The highest BCUT2D eigenvalue weighted by Gasteiger charge is 2.19. The second-order valence-electron chi connectivity index (χ2n) is 7.15. The fraction of sp³-hybridized carbons (Fsp3) is 0.364. The summed E-state index contributed by atoms with van der Waals surface area (Å²) in [7, 11) is 1.90. The number of rotatable bonds is 4. The van der Waals surface area contributed by atoms with Crippen molar-refractivity contribution in [3.63, 3.8) is 0 Å². The van der Waals surface area contributed by atoms with E-state index in [1.807, 2.05) is 31.3 Å². The molecule has 1 fully saturated rings. The SMILES string of the molecule is CNc1nc2cc(C)cc(C)c2s1.O=CC1CCN(Sc2ccc(Cl)cc2)CC1. The lowest BCUT2D eigenvalue weighted by Gasteiger charge is -2.28. The summed E-state index contributed by atoms with van der Waals surface area (Å²) in [5, 5.41) is 4.83. The van der Waals surface area contributed by atoms with E-state index in [-0.39, 0.29) is 5.92 Å². The minimum Gasteiger partial charge on any atom is -0.365 e. The third kappa shape index (κ3) is 6.19. The van der Waals surface area contributed by atoms with Gasteiger partial charge in [-0.1, -0.05) is 29.0 Å². The van der Waals surface area contributed by atoms with Crippen molar-refractivity contribution in [3.8, 4) is 0 Å². The van der Waals surface area contributed by atoms with Crippen molar-refractivity contribution in [1.29, 1.82) is 0 Å². The van der Waals surface area contributed by atoms with Crippen molar-refractivity contribution >= 4 is 56.5 Å². The molecule has 4 nitrogen and oxygen atoms in total. The number of aldehydes is 1. The fourth-order valence-corrected chi connectivity index (χ4v) is 5.18. The Morgan fingerprint density at radius 3 is 2.52 bits per heavy atom. The molecule has 0 atom stereocenters. The molecule has 0 aliphatic carbocycles. The number of carbonyl (C=O) groups is 1. The Balaban J connectivity index is 0.000000169. The highest BCUT2D eigenvalue weighted by molar-refractivity contribution is 7.97. The molecule has 0 spiro atoms. The molecule has 1 aliphatic rings. The van der Waals surface area contributed by atoms with Gasteiger partial charge in [-0.05, 0) is 80.1 Å². The fourth-order valence-electron chi connectivity index (χ4n) is 3.23. The van der Waals surface area contributed by atoms with Gasteiger partial charge in [0.1, 0.15) is 6.29 Å². The Hall–Kier alpha value is -1.60. The van der Waals surface area contributed by atoms with Crippen LogP contribution < -0.4 is 5.32 Å². The topological polar surface area (TPSA) is 45.2 Å². The summed E-state index contributed by atoms with van der Waals surface area (Å²) in [6.07, 6.45) is 3.04. The summed E-state index contributed by atoms with van der Waals surface area (Å²) in [5.74, 6) is 0.266. The molecule has 154 valence electrons. The first-order chi connectivity index (χ1) is 14.0. The van der Waals surface area contributed by atoms with E-state index in [2.05, 4.69) is 40.6 Å². The zero-order chi connectivity index (χ0) is 20.8. The van der Waals surface area contributed by atoms with Gasteiger partial charge in [0.25, 0.3) is 0 Å². The number of halogens is 1. The van der Waals surface area contributed by atoms with Gasteiger partial charge in [-0.3, -0.25) is 0 Å². The number of hydrogen-bond donors (Lipinski definition) is 1. The third-order valence-electron chi connectivity index (χ3n) is 4.77. The van der Waals surface area contributed by atoms with Gasteiger partial charge in [0.2, 0.25) is 0 Å². The first-order valence-corrected chi connectivity index (χ1v) is 11.6. The van der Waals surface area contributed by atoms with Gasteiger partial charge >= 0.3 is 0 Å². The maximum Gasteiger partial charge on any atom is 0.183 e. The van der Waals surface area contributed by atoms with E-state index in [9.17, 15) is 4.79 Å². The zero-order valence-corrected chi connectivity index (χ0v) is 19.3. The molecule has 0 amide bonds. The summed E-state index contributed by atoms with van der Waals surface area (Å²) >= 11 is 9.29. The van der Waals surface area contributed by atoms with Crippen molar-refractivity contribution in [2.75, 3.05) is 25.5 Å². The van der Waals surface area contributed by atoms with Crippen LogP contribution in [0.2, 0.25) is 5.02 Å². The van der Waals surface area contributed by atoms with Gasteiger partial charge in [-0.25, -0.2) is 9.29 Å². The molecule has 1 aromatic heterocycles. The lowest BCUT2D eigenvalue weighted by Crippen LogP contribution is -2.28. The van der Waals surface area contributed by atoms with Gasteiger partial charge in [-0.2, -0.15) is 0 Å². The van der Waals surface area contributed by atoms with Crippen LogP contribution in [0.3, 0.4) is 0 Å². The molecule has 0 saturated carbocycles. The highest BCUT2D eigenvalue weighted by Crippen LogP contribution is 2.29. The largest absolute Gasteiger partial charge is 0.365 e. The van der Waals surface area contributed by atoms with Crippen LogP contribution in [0.1, 0.15) is 24.0 Å². The van der Waals surface area contributed by atoms with E-state index in [0.717, 1.165) is 47.9 Å². The van der Waals surface area contributed by atoms with E-state index >= 15 is 0 Å². The van der Waals surface area contributed by atoms with Gasteiger partial charge in [0.05, 0.1) is 10.2 Å². The predicted molar refractivity (Wildman–Crippen MR) is 126 cm³/mol. The summed E-state index contributed by atoms with van der Waals surface area (Å²) in [5.41, 5.74) is 3.69. The minimum atomic E-state index is 0.266. The number of hydrogen-bond acceptors (Lipinski definition) is 6. The van der Waals surface area contributed by atoms with Crippen molar-refractivity contribution in [1.82, 2.24) is 9.29 Å². The van der Waals surface area contributed by atoms with Crippen LogP contribution in [0, 0.1) is 19.8 Å². The summed E-state index contributed by atoms with van der Waals surface area (Å²) in [4.78, 5) is 16.3. The molecule has 29 heavy (non-hydrogen) atoms. The number of aromatic nitrogens is 1. The monoisotopic (exact) mass is 447 g/mol. The Kier molecular flexibility index (Phi) is 7.95. The average molecular weight is 448 g/mol. The van der Waals surface area contributed by atoms with E-state index in [1.54, 1.807) is 23.3 Å². The van der Waals surface area contributed by atoms with Crippen LogP contribution in [-0.2, 0) is 4.79 Å². The minimum absolute atomic E-state index is 0.266. The quantitative estimate of drug-likeness (QED) is 0.380. The second-order valence-corrected chi connectivity index (χ2v) is 9.75. The van der Waals surface area contributed by atoms with Crippen LogP contribution in [0.15, 0.2) is 41.3 Å². The zero-order valence-electron chi connectivity index (χ0n) is 16.9. The standard InChI is InChI=1S/C12H14ClNOS.C10H12N2S/c13-11-1-3-12(4-2-11)16-14-7-5-10(9-15)6-8-14;1-6-4-7(2)9-8(5-6)12-10(11-3)13-9/h1-4,9-10H,5-8H2;4-5H,1-3H3,(H,11,12). The number of nitrogens with one attached hydrogen (secondary N) is 1. The average Bonchev–Trinajstić information content (AvgIpc) is 3.14. The van der Waals surface area contributed by atoms with Crippen molar-refractivity contribution in [2.45, 2.75) is 31.6 Å². The lowest BCUT2D eigenvalue weighted by atomic mass is 10.0. The summed E-state index contributed by atoms with van der Waals surface area (Å²) in [6.45, 7) is 6.20. The lowest BCUT2D eigenvalue weighted by molar-refractivity contribution is -0.112. The van der Waals surface area contributed by atoms with E-state index < -0.39 is 0 Å². The Morgan fingerprint density at radius 1 is 1.21 bits per heavy atom. The number of nitrogens with zero attached hydrogens (tertiary/aromatic N) is 2. The first-order valence-electron chi connectivity index (χ1n) is 9.68. The molecule has 4 rings (SSSR count). The van der Waals surface area contributed by atoms with Crippen LogP contribution in [0.4, 0.5) is 5.13 Å². The molecule has 7 heteroatoms. The number of piperidine rings is 1. The molecule has 0 radical (unpaired) electrons. The molecule has 0 bridgehead atoms. The number of aryl methyl sites for hydroxylation is 2. The molecule has 1 saturated heterocycles. The van der Waals surface area contributed by atoms with Gasteiger partial charge in [0, 0.05) is 36.0 Å². The normalized spacial score (nSPS) is 15.0. The number of thiazole rings is 1. The summed E-state index contributed by atoms with van der Waals surface area (Å²) in [6, 6.07) is 12.2. The smallest absolute Gasteiger partial charge is 0.183 e. The van der Waals surface area contributed by atoms with Gasteiger partial charge in [0.15, 0.2) is 5.13 Å². The predicted octanol–water partition coefficient (Wildman–Crippen LogP) is 6.21. The van der Waals surface area contributed by atoms with Gasteiger partial charge < -0.3 is 10.1 Å². The molecular formula is C22H26ClN3OS2. The van der Waals surface area contributed by atoms with Gasteiger partial charge in [-0.15, -0.1) is 0 Å². The maximum absolute atomic E-state index is 10.6. The van der Waals surface area contributed by atoms with Crippen LogP contribution in [0.25, 0.3) is 10.2 Å². The van der Waals surface area contributed by atoms with Crippen molar-refractivity contribution < 1.29 is 4.79 Å². The Bertz CT molecular complexity index is 951. The van der Waals surface area contributed by atoms with E-state index in [0.29, 0.717) is 0 Å². The molecule has 3 aromatic rings. The molecule has 1 aliphatic heterocycles. The maximum atomic E-state index is 10.6. The molecule has 1 N–H and O–H groups in total. The highest BCUT2D eigenvalue weighted by atomic mass is 35.5. The van der Waals surface area contributed by atoms with Crippen LogP contribution >= 0.6 is 34.9 Å². The third-order valence-corrected chi connectivity index (χ3v) is 7.36. The first kappa shape index (κ1) is 22.1. The molecule has 2 aromatic carbocycles. The van der Waals surface area contributed by atoms with Crippen LogP contribution in [0.5, 0.6) is 0 Å². The number of benzene rings is 2. The van der Waals surface area contributed by atoms with E-state index in [4.69, 9.17) is 11.6 Å². The number of anilines is 1. The second kappa shape index (κ2) is 10.4. The van der Waals surface area contributed by atoms with E-state index in [1.165, 1.54) is 20.7 Å². The molecular weight excluding hydrogens is 422 g/mol. The Morgan fingerprint density at radius 2 is 1.90 bits per heavy atom. The molecule has 0 unspecified atom stereocenters. The van der Waals surface area contributed by atoms with Crippen LogP contribution in [-0.4, -0.2) is 35.7 Å². The molecule has 2 heterocycles.